The molecule has 2 nitrogen and oxygen atoms in total. The highest BCUT2D eigenvalue weighted by molar-refractivity contribution is 5.22. The van der Waals surface area contributed by atoms with Crippen LogP contribution in [-0.4, -0.2) is 30.6 Å². The molecule has 2 heteroatoms. The van der Waals surface area contributed by atoms with Crippen LogP contribution >= 0.6 is 0 Å². The van der Waals surface area contributed by atoms with Crippen LogP contribution in [-0.2, 0) is 13.0 Å². The van der Waals surface area contributed by atoms with Crippen molar-refractivity contribution in [3.63, 3.8) is 0 Å². The van der Waals surface area contributed by atoms with Gasteiger partial charge in [-0.3, -0.25) is 4.90 Å². The third kappa shape index (κ3) is 4.63. The molecule has 0 spiro atoms. The van der Waals surface area contributed by atoms with Crippen molar-refractivity contribution in [2.45, 2.75) is 52.1 Å². The van der Waals surface area contributed by atoms with Gasteiger partial charge in [-0.2, -0.15) is 0 Å². The van der Waals surface area contributed by atoms with Crippen LogP contribution in [0, 0.1) is 0 Å². The van der Waals surface area contributed by atoms with E-state index in [1.54, 1.807) is 0 Å². The maximum Gasteiger partial charge on any atom is 0.0234 e. The fraction of sp³-hybridized carbons (Fsp3) is 0.647. The van der Waals surface area contributed by atoms with E-state index in [0.29, 0.717) is 6.04 Å². The molecule has 1 aliphatic heterocycles. The van der Waals surface area contributed by atoms with Crippen molar-refractivity contribution in [1.29, 1.82) is 0 Å². The minimum atomic E-state index is 0.683. The molecule has 1 aromatic rings. The van der Waals surface area contributed by atoms with Gasteiger partial charge in [0.2, 0.25) is 0 Å². The normalized spacial score (nSPS) is 21.3. The van der Waals surface area contributed by atoms with Gasteiger partial charge in [0.1, 0.15) is 0 Å². The molecular weight excluding hydrogens is 232 g/mol. The Hall–Kier alpha value is -0.860. The summed E-state index contributed by atoms with van der Waals surface area (Å²) in [5.74, 6) is 0. The lowest BCUT2D eigenvalue weighted by molar-refractivity contribution is 0.255. The van der Waals surface area contributed by atoms with Gasteiger partial charge in [0, 0.05) is 19.1 Å². The Labute approximate surface area is 118 Å². The number of hydrogen-bond donors (Lipinski definition) is 1. The van der Waals surface area contributed by atoms with E-state index in [1.807, 2.05) is 0 Å². The number of nitrogens with zero attached hydrogens (tertiary/aromatic N) is 1. The Morgan fingerprint density at radius 3 is 2.58 bits per heavy atom. The van der Waals surface area contributed by atoms with E-state index >= 15 is 0 Å². The van der Waals surface area contributed by atoms with E-state index in [-0.39, 0.29) is 0 Å². The van der Waals surface area contributed by atoms with Crippen molar-refractivity contribution in [2.24, 2.45) is 0 Å². The van der Waals surface area contributed by atoms with Crippen molar-refractivity contribution in [3.05, 3.63) is 35.4 Å². The zero-order chi connectivity index (χ0) is 13.5. The lowest BCUT2D eigenvalue weighted by atomic mass is 10.1. The van der Waals surface area contributed by atoms with Crippen LogP contribution in [0.15, 0.2) is 24.3 Å². The summed E-state index contributed by atoms with van der Waals surface area (Å²) in [6.45, 7) is 9.19. The summed E-state index contributed by atoms with van der Waals surface area (Å²) in [5, 5.41) is 3.67. The first-order chi connectivity index (χ1) is 9.31. The molecule has 0 aromatic heterocycles. The molecule has 0 bridgehead atoms. The molecule has 0 amide bonds. The third-order valence-electron chi connectivity index (χ3n) is 4.04. The van der Waals surface area contributed by atoms with Crippen LogP contribution in [0.4, 0.5) is 0 Å². The summed E-state index contributed by atoms with van der Waals surface area (Å²) in [5.41, 5.74) is 2.89. The van der Waals surface area contributed by atoms with E-state index in [1.165, 1.54) is 50.0 Å². The van der Waals surface area contributed by atoms with Crippen LogP contribution in [0.1, 0.15) is 44.2 Å². The second-order valence-electron chi connectivity index (χ2n) is 5.70. The van der Waals surface area contributed by atoms with Crippen LogP contribution in [0.5, 0.6) is 0 Å². The van der Waals surface area contributed by atoms with Crippen LogP contribution < -0.4 is 5.32 Å². The van der Waals surface area contributed by atoms with Gasteiger partial charge < -0.3 is 5.32 Å². The molecule has 1 fully saturated rings. The molecule has 0 aliphatic carbocycles. The highest BCUT2D eigenvalue weighted by Crippen LogP contribution is 2.12. The standard InChI is InChI=1S/C17H28N2/c1-3-6-17-14-19(12-5-11-18-17)13-16-9-7-15(4-2)8-10-16/h7-10,17-18H,3-6,11-14H2,1-2H3. The lowest BCUT2D eigenvalue weighted by Gasteiger charge is -2.24. The van der Waals surface area contributed by atoms with Gasteiger partial charge in [-0.05, 0) is 43.5 Å². The Morgan fingerprint density at radius 2 is 1.89 bits per heavy atom. The fourth-order valence-electron chi connectivity index (χ4n) is 2.90. The second kappa shape index (κ2) is 7.66. The first-order valence-corrected chi connectivity index (χ1v) is 7.85. The van der Waals surface area contributed by atoms with E-state index < -0.39 is 0 Å². The van der Waals surface area contributed by atoms with Crippen molar-refractivity contribution < 1.29 is 0 Å². The predicted octanol–water partition coefficient (Wildman–Crippen LogP) is 3.21. The topological polar surface area (TPSA) is 15.3 Å². The summed E-state index contributed by atoms with van der Waals surface area (Å²) in [6, 6.07) is 9.82. The van der Waals surface area contributed by atoms with E-state index in [0.717, 1.165) is 13.0 Å². The Balaban J connectivity index is 1.92. The first kappa shape index (κ1) is 14.5. The third-order valence-corrected chi connectivity index (χ3v) is 4.04. The molecule has 1 N–H and O–H groups in total. The number of hydrogen-bond acceptors (Lipinski definition) is 2. The number of nitrogens with one attached hydrogen (secondary N) is 1. The quantitative estimate of drug-likeness (QED) is 0.874. The van der Waals surface area contributed by atoms with Crippen molar-refractivity contribution in [2.75, 3.05) is 19.6 Å². The first-order valence-electron chi connectivity index (χ1n) is 7.85. The molecule has 0 saturated carbocycles. The molecule has 1 atom stereocenters. The number of aryl methyl sites for hydroxylation is 1. The van der Waals surface area contributed by atoms with E-state index in [4.69, 9.17) is 0 Å². The largest absolute Gasteiger partial charge is 0.313 e. The molecular formula is C17H28N2. The molecule has 1 aromatic carbocycles. The summed E-state index contributed by atoms with van der Waals surface area (Å²) in [6.07, 6.45) is 4.97. The predicted molar refractivity (Wildman–Crippen MR) is 82.4 cm³/mol. The maximum absolute atomic E-state index is 3.67. The fourth-order valence-corrected chi connectivity index (χ4v) is 2.90. The molecule has 1 unspecified atom stereocenters. The average Bonchev–Trinajstić information content (AvgIpc) is 2.65. The molecule has 1 heterocycles. The molecule has 106 valence electrons. The smallest absolute Gasteiger partial charge is 0.0234 e. The van der Waals surface area contributed by atoms with Crippen LogP contribution in [0.3, 0.4) is 0 Å². The SMILES string of the molecule is CCCC1CN(Cc2ccc(CC)cc2)CCCN1. The van der Waals surface area contributed by atoms with Gasteiger partial charge in [0.05, 0.1) is 0 Å². The summed E-state index contributed by atoms with van der Waals surface area (Å²) in [4.78, 5) is 2.61. The lowest BCUT2D eigenvalue weighted by Crippen LogP contribution is -2.37. The maximum atomic E-state index is 3.67. The summed E-state index contributed by atoms with van der Waals surface area (Å²) in [7, 11) is 0. The van der Waals surface area contributed by atoms with Gasteiger partial charge >= 0.3 is 0 Å². The monoisotopic (exact) mass is 260 g/mol. The summed E-state index contributed by atoms with van der Waals surface area (Å²) < 4.78 is 0. The zero-order valence-corrected chi connectivity index (χ0v) is 12.5. The summed E-state index contributed by atoms with van der Waals surface area (Å²) >= 11 is 0. The number of rotatable bonds is 5. The minimum absolute atomic E-state index is 0.683. The van der Waals surface area contributed by atoms with Gasteiger partial charge in [-0.1, -0.05) is 44.5 Å². The minimum Gasteiger partial charge on any atom is -0.313 e. The van der Waals surface area contributed by atoms with Crippen LogP contribution in [0.25, 0.3) is 0 Å². The van der Waals surface area contributed by atoms with Crippen molar-refractivity contribution in [3.8, 4) is 0 Å². The van der Waals surface area contributed by atoms with Crippen molar-refractivity contribution in [1.82, 2.24) is 10.2 Å². The Morgan fingerprint density at radius 1 is 1.16 bits per heavy atom. The van der Waals surface area contributed by atoms with Gasteiger partial charge in [-0.25, -0.2) is 0 Å². The van der Waals surface area contributed by atoms with Crippen molar-refractivity contribution >= 4 is 0 Å². The number of benzene rings is 1. The zero-order valence-electron chi connectivity index (χ0n) is 12.5. The molecule has 1 saturated heterocycles. The van der Waals surface area contributed by atoms with E-state index in [9.17, 15) is 0 Å². The molecule has 1 aliphatic rings. The van der Waals surface area contributed by atoms with Crippen LogP contribution in [0.2, 0.25) is 0 Å². The second-order valence-corrected chi connectivity index (χ2v) is 5.70. The highest BCUT2D eigenvalue weighted by Gasteiger charge is 2.16. The highest BCUT2D eigenvalue weighted by atomic mass is 15.2. The molecule has 0 radical (unpaired) electrons. The average molecular weight is 260 g/mol. The Bertz CT molecular complexity index is 358. The van der Waals surface area contributed by atoms with Gasteiger partial charge in [0.25, 0.3) is 0 Å². The van der Waals surface area contributed by atoms with E-state index in [2.05, 4.69) is 48.3 Å². The molecule has 2 rings (SSSR count). The molecule has 19 heavy (non-hydrogen) atoms. The Kier molecular flexibility index (Phi) is 5.87. The van der Waals surface area contributed by atoms with Gasteiger partial charge in [-0.15, -0.1) is 0 Å². The van der Waals surface area contributed by atoms with Gasteiger partial charge in [0.15, 0.2) is 0 Å².